The number of hydrogen-bond acceptors (Lipinski definition) is 5. The third-order valence-corrected chi connectivity index (χ3v) is 4.90. The largest absolute Gasteiger partial charge is 0.493 e. The van der Waals surface area contributed by atoms with Crippen molar-refractivity contribution < 1.29 is 9.47 Å². The number of guanidine groups is 1. The fraction of sp³-hybridized carbons (Fsp3) is 0.429. The lowest BCUT2D eigenvalue weighted by Crippen LogP contribution is -2.42. The first kappa shape index (κ1) is 19.9. The highest BCUT2D eigenvalue weighted by molar-refractivity contribution is 5.79. The standard InChI is InChI=1S/C21H29N5O2/c1-22-21(25-14-18-6-4-5-8-23-18)24-9-11-26-10-7-16-12-19(27-2)20(28-3)13-17(16)15-26/h4-6,8,12-13H,7,9-11,14-15H2,1-3H3,(H2,22,24,25). The van der Waals surface area contributed by atoms with Crippen molar-refractivity contribution >= 4 is 5.96 Å². The molecule has 0 aliphatic carbocycles. The number of nitrogens with zero attached hydrogens (tertiary/aromatic N) is 3. The number of aromatic nitrogens is 1. The number of ether oxygens (including phenoxy) is 2. The van der Waals surface area contributed by atoms with E-state index in [1.165, 1.54) is 11.1 Å². The molecule has 0 unspecified atom stereocenters. The summed E-state index contributed by atoms with van der Waals surface area (Å²) < 4.78 is 10.9. The monoisotopic (exact) mass is 383 g/mol. The molecule has 1 aliphatic heterocycles. The van der Waals surface area contributed by atoms with Gasteiger partial charge >= 0.3 is 0 Å². The summed E-state index contributed by atoms with van der Waals surface area (Å²) in [5, 5.41) is 6.67. The normalized spacial score (nSPS) is 14.3. The lowest BCUT2D eigenvalue weighted by Gasteiger charge is -2.29. The van der Waals surface area contributed by atoms with E-state index in [4.69, 9.17) is 9.47 Å². The van der Waals surface area contributed by atoms with Crippen LogP contribution in [0.3, 0.4) is 0 Å². The summed E-state index contributed by atoms with van der Waals surface area (Å²) >= 11 is 0. The van der Waals surface area contributed by atoms with Crippen LogP contribution in [0, 0.1) is 0 Å². The van der Waals surface area contributed by atoms with E-state index in [2.05, 4.69) is 37.6 Å². The summed E-state index contributed by atoms with van der Waals surface area (Å²) in [7, 11) is 5.14. The Kier molecular flexibility index (Phi) is 7.08. The molecule has 7 nitrogen and oxygen atoms in total. The highest BCUT2D eigenvalue weighted by Crippen LogP contribution is 2.33. The molecule has 2 aromatic rings. The smallest absolute Gasteiger partial charge is 0.191 e. The van der Waals surface area contributed by atoms with Crippen molar-refractivity contribution in [3.63, 3.8) is 0 Å². The van der Waals surface area contributed by atoms with Gasteiger partial charge < -0.3 is 20.1 Å². The third-order valence-electron chi connectivity index (χ3n) is 4.90. The Hall–Kier alpha value is -2.80. The van der Waals surface area contributed by atoms with E-state index in [9.17, 15) is 0 Å². The van der Waals surface area contributed by atoms with Crippen molar-refractivity contribution in [1.82, 2.24) is 20.5 Å². The van der Waals surface area contributed by atoms with E-state index in [1.54, 1.807) is 27.5 Å². The third kappa shape index (κ3) is 5.13. The fourth-order valence-corrected chi connectivity index (χ4v) is 3.36. The van der Waals surface area contributed by atoms with E-state index in [-0.39, 0.29) is 0 Å². The Morgan fingerprint density at radius 1 is 1.14 bits per heavy atom. The molecule has 2 heterocycles. The zero-order valence-electron chi connectivity index (χ0n) is 16.9. The van der Waals surface area contributed by atoms with Crippen LogP contribution >= 0.6 is 0 Å². The highest BCUT2D eigenvalue weighted by Gasteiger charge is 2.19. The predicted octanol–water partition coefficient (Wildman–Crippen LogP) is 1.82. The van der Waals surface area contributed by atoms with Crippen LogP contribution in [-0.4, -0.2) is 56.7 Å². The number of aliphatic imine (C=N–C) groups is 1. The summed E-state index contributed by atoms with van der Waals surface area (Å²) in [5.74, 6) is 2.38. The molecular formula is C21H29N5O2. The van der Waals surface area contributed by atoms with Gasteiger partial charge in [0.2, 0.25) is 0 Å². The second kappa shape index (κ2) is 9.94. The van der Waals surface area contributed by atoms with E-state index < -0.39 is 0 Å². The van der Waals surface area contributed by atoms with Gasteiger partial charge in [-0.15, -0.1) is 0 Å². The Labute approximate surface area is 166 Å². The van der Waals surface area contributed by atoms with Crippen molar-refractivity contribution in [2.75, 3.05) is 40.9 Å². The maximum atomic E-state index is 5.44. The molecule has 0 spiro atoms. The maximum absolute atomic E-state index is 5.44. The van der Waals surface area contributed by atoms with Crippen LogP contribution in [0.25, 0.3) is 0 Å². The average molecular weight is 383 g/mol. The van der Waals surface area contributed by atoms with Crippen LogP contribution in [-0.2, 0) is 19.5 Å². The summed E-state index contributed by atoms with van der Waals surface area (Å²) in [6, 6.07) is 10.1. The predicted molar refractivity (Wildman–Crippen MR) is 111 cm³/mol. The molecule has 1 aliphatic rings. The number of pyridine rings is 1. The van der Waals surface area contributed by atoms with Crippen LogP contribution in [0.5, 0.6) is 11.5 Å². The highest BCUT2D eigenvalue weighted by atomic mass is 16.5. The van der Waals surface area contributed by atoms with Gasteiger partial charge in [-0.2, -0.15) is 0 Å². The van der Waals surface area contributed by atoms with E-state index in [0.717, 1.165) is 55.8 Å². The number of rotatable bonds is 7. The minimum absolute atomic E-state index is 0.652. The molecule has 7 heteroatoms. The summed E-state index contributed by atoms with van der Waals surface area (Å²) in [6.45, 7) is 4.36. The minimum Gasteiger partial charge on any atom is -0.493 e. The van der Waals surface area contributed by atoms with Gasteiger partial charge in [0.15, 0.2) is 17.5 Å². The zero-order valence-corrected chi connectivity index (χ0v) is 16.9. The van der Waals surface area contributed by atoms with Crippen molar-refractivity contribution in [1.29, 1.82) is 0 Å². The van der Waals surface area contributed by atoms with E-state index in [0.29, 0.717) is 6.54 Å². The van der Waals surface area contributed by atoms with Crippen molar-refractivity contribution in [3.8, 4) is 11.5 Å². The van der Waals surface area contributed by atoms with Crippen molar-refractivity contribution in [2.24, 2.45) is 4.99 Å². The number of fused-ring (bicyclic) bond motifs is 1. The van der Waals surface area contributed by atoms with Crippen molar-refractivity contribution in [3.05, 3.63) is 53.3 Å². The number of benzene rings is 1. The van der Waals surface area contributed by atoms with Crippen molar-refractivity contribution in [2.45, 2.75) is 19.5 Å². The molecule has 2 N–H and O–H groups in total. The van der Waals surface area contributed by atoms with E-state index in [1.807, 2.05) is 18.2 Å². The molecule has 0 fully saturated rings. The van der Waals surface area contributed by atoms with E-state index >= 15 is 0 Å². The molecule has 1 aromatic heterocycles. The maximum Gasteiger partial charge on any atom is 0.191 e. The Balaban J connectivity index is 1.48. The van der Waals surface area contributed by atoms with Gasteiger partial charge in [0, 0.05) is 39.4 Å². The first-order valence-corrected chi connectivity index (χ1v) is 9.54. The molecule has 1 aromatic carbocycles. The molecular weight excluding hydrogens is 354 g/mol. The molecule has 0 amide bonds. The minimum atomic E-state index is 0.652. The Bertz CT molecular complexity index is 795. The topological polar surface area (TPSA) is 71.0 Å². The molecule has 150 valence electrons. The lowest BCUT2D eigenvalue weighted by atomic mass is 9.99. The zero-order chi connectivity index (χ0) is 19.8. The first-order valence-electron chi connectivity index (χ1n) is 9.54. The second-order valence-corrected chi connectivity index (χ2v) is 6.68. The van der Waals surface area contributed by atoms with Crippen LogP contribution in [0.15, 0.2) is 41.5 Å². The van der Waals surface area contributed by atoms with Gasteiger partial charge in [-0.1, -0.05) is 6.07 Å². The number of hydrogen-bond donors (Lipinski definition) is 2. The Morgan fingerprint density at radius 2 is 1.93 bits per heavy atom. The summed E-state index contributed by atoms with van der Waals surface area (Å²) in [5.41, 5.74) is 3.64. The molecule has 0 atom stereocenters. The van der Waals surface area contributed by atoms with Gasteiger partial charge in [-0.25, -0.2) is 0 Å². The molecule has 0 bridgehead atoms. The SMILES string of the molecule is CN=C(NCCN1CCc2cc(OC)c(OC)cc2C1)NCc1ccccn1. The molecule has 0 saturated heterocycles. The summed E-state index contributed by atoms with van der Waals surface area (Å²) in [6.07, 6.45) is 2.81. The molecule has 0 radical (unpaired) electrons. The molecule has 28 heavy (non-hydrogen) atoms. The fourth-order valence-electron chi connectivity index (χ4n) is 3.36. The number of nitrogens with one attached hydrogen (secondary N) is 2. The quantitative estimate of drug-likeness (QED) is 0.561. The van der Waals surface area contributed by atoms with Crippen LogP contribution in [0.1, 0.15) is 16.8 Å². The van der Waals surface area contributed by atoms with Gasteiger partial charge in [0.1, 0.15) is 0 Å². The van der Waals surface area contributed by atoms with Crippen LogP contribution in [0.4, 0.5) is 0 Å². The molecule has 0 saturated carbocycles. The molecule has 3 rings (SSSR count). The van der Waals surface area contributed by atoms with Crippen LogP contribution in [0.2, 0.25) is 0 Å². The van der Waals surface area contributed by atoms with Crippen LogP contribution < -0.4 is 20.1 Å². The van der Waals surface area contributed by atoms with Gasteiger partial charge in [-0.05, 0) is 41.8 Å². The van der Waals surface area contributed by atoms with Gasteiger partial charge in [0.05, 0.1) is 26.5 Å². The number of methoxy groups -OCH3 is 2. The second-order valence-electron chi connectivity index (χ2n) is 6.68. The summed E-state index contributed by atoms with van der Waals surface area (Å²) in [4.78, 5) is 11.0. The Morgan fingerprint density at radius 3 is 2.61 bits per heavy atom. The van der Waals surface area contributed by atoms with Gasteiger partial charge in [-0.3, -0.25) is 14.9 Å². The lowest BCUT2D eigenvalue weighted by molar-refractivity contribution is 0.256. The average Bonchev–Trinajstić information content (AvgIpc) is 2.75. The first-order chi connectivity index (χ1) is 13.7. The van der Waals surface area contributed by atoms with Gasteiger partial charge in [0.25, 0.3) is 0 Å².